The first-order valence-corrected chi connectivity index (χ1v) is 11.3. The molecule has 8 nitrogen and oxygen atoms in total. The number of nitrogens with one attached hydrogen (secondary N) is 2. The zero-order valence-corrected chi connectivity index (χ0v) is 18.4. The number of hydrogen-bond acceptors (Lipinski definition) is 5. The van der Waals surface area contributed by atoms with Crippen LogP contribution in [0.2, 0.25) is 0 Å². The normalized spacial score (nSPS) is 11.0. The molecule has 10 heteroatoms. The number of rotatable bonds is 9. The lowest BCUT2D eigenvalue weighted by Gasteiger charge is -2.22. The Balaban J connectivity index is 2.17. The highest BCUT2D eigenvalue weighted by Gasteiger charge is 2.22. The highest BCUT2D eigenvalue weighted by atomic mass is 79.9. The summed E-state index contributed by atoms with van der Waals surface area (Å²) in [7, 11) is -2.17. The fourth-order valence-corrected chi connectivity index (χ4v) is 3.60. The van der Waals surface area contributed by atoms with Crippen LogP contribution in [0.1, 0.15) is 10.4 Å². The third kappa shape index (κ3) is 6.84. The van der Waals surface area contributed by atoms with Crippen molar-refractivity contribution >= 4 is 49.1 Å². The van der Waals surface area contributed by atoms with E-state index in [1.165, 1.54) is 7.11 Å². The van der Waals surface area contributed by atoms with Crippen molar-refractivity contribution in [2.24, 2.45) is 0 Å². The predicted molar refractivity (Wildman–Crippen MR) is 116 cm³/mol. The van der Waals surface area contributed by atoms with Gasteiger partial charge in [0.25, 0.3) is 5.91 Å². The summed E-state index contributed by atoms with van der Waals surface area (Å²) >= 11 is 3.29. The maximum atomic E-state index is 12.6. The first kappa shape index (κ1) is 22.9. The molecule has 0 saturated heterocycles. The van der Waals surface area contributed by atoms with Crippen molar-refractivity contribution in [3.05, 3.63) is 58.6 Å². The Labute approximate surface area is 178 Å². The smallest absolute Gasteiger partial charge is 0.253 e. The number of amides is 2. The fourth-order valence-electron chi connectivity index (χ4n) is 2.48. The van der Waals surface area contributed by atoms with Crippen molar-refractivity contribution < 1.29 is 22.7 Å². The summed E-state index contributed by atoms with van der Waals surface area (Å²) in [5, 5.41) is 5.30. The molecule has 2 rings (SSSR count). The zero-order chi connectivity index (χ0) is 21.4. The minimum absolute atomic E-state index is 0.270. The molecule has 0 fully saturated rings. The summed E-state index contributed by atoms with van der Waals surface area (Å²) in [5.41, 5.74) is 0.916. The van der Waals surface area contributed by atoms with Crippen LogP contribution in [-0.4, -0.2) is 53.3 Å². The molecule has 0 aliphatic heterocycles. The number of carbonyl (C=O) groups excluding carboxylic acids is 2. The van der Waals surface area contributed by atoms with Crippen LogP contribution in [0.4, 0.5) is 11.4 Å². The topological polar surface area (TPSA) is 105 Å². The number of nitrogens with zero attached hydrogens (tertiary/aromatic N) is 1. The van der Waals surface area contributed by atoms with Crippen LogP contribution in [-0.2, 0) is 19.6 Å². The molecule has 0 heterocycles. The Morgan fingerprint density at radius 2 is 1.76 bits per heavy atom. The van der Waals surface area contributed by atoms with Gasteiger partial charge in [-0.1, -0.05) is 28.1 Å². The number of halogens is 1. The van der Waals surface area contributed by atoms with E-state index in [1.54, 1.807) is 48.5 Å². The average Bonchev–Trinajstić information content (AvgIpc) is 2.66. The number of para-hydroxylation sites is 1. The van der Waals surface area contributed by atoms with Gasteiger partial charge in [0, 0.05) is 18.1 Å². The molecule has 2 N–H and O–H groups in total. The van der Waals surface area contributed by atoms with Crippen LogP contribution >= 0.6 is 15.9 Å². The lowest BCUT2D eigenvalue weighted by atomic mass is 10.1. The van der Waals surface area contributed by atoms with E-state index in [0.29, 0.717) is 18.8 Å². The van der Waals surface area contributed by atoms with Gasteiger partial charge in [-0.2, -0.15) is 0 Å². The lowest BCUT2D eigenvalue weighted by molar-refractivity contribution is -0.114. The van der Waals surface area contributed by atoms with E-state index in [9.17, 15) is 18.0 Å². The third-order valence-corrected chi connectivity index (χ3v) is 5.51. The second-order valence-electron chi connectivity index (χ2n) is 6.09. The molecule has 0 saturated carbocycles. The Morgan fingerprint density at radius 1 is 1.10 bits per heavy atom. The molecule has 29 heavy (non-hydrogen) atoms. The molecule has 2 aromatic carbocycles. The van der Waals surface area contributed by atoms with Gasteiger partial charge >= 0.3 is 0 Å². The van der Waals surface area contributed by atoms with Gasteiger partial charge in [0.15, 0.2) is 0 Å². The molecule has 156 valence electrons. The first-order chi connectivity index (χ1) is 13.7. The second kappa shape index (κ2) is 10.4. The molecule has 2 amide bonds. The lowest BCUT2D eigenvalue weighted by Crippen LogP contribution is -2.37. The van der Waals surface area contributed by atoms with E-state index in [1.807, 2.05) is 0 Å². The van der Waals surface area contributed by atoms with E-state index < -0.39 is 22.5 Å². The van der Waals surface area contributed by atoms with Gasteiger partial charge in [-0.25, -0.2) is 8.42 Å². The van der Waals surface area contributed by atoms with E-state index in [0.717, 1.165) is 15.0 Å². The third-order valence-electron chi connectivity index (χ3n) is 3.84. The van der Waals surface area contributed by atoms with Crippen molar-refractivity contribution in [1.82, 2.24) is 5.32 Å². The molecule has 0 unspecified atom stereocenters. The molecule has 0 atom stereocenters. The second-order valence-corrected chi connectivity index (χ2v) is 8.91. The Bertz CT molecular complexity index is 964. The summed E-state index contributed by atoms with van der Waals surface area (Å²) in [6.45, 7) is 0.250. The van der Waals surface area contributed by atoms with Gasteiger partial charge in [0.05, 0.1) is 29.8 Å². The van der Waals surface area contributed by atoms with Crippen molar-refractivity contribution in [1.29, 1.82) is 0 Å². The van der Waals surface area contributed by atoms with Crippen molar-refractivity contribution in [2.75, 3.05) is 42.7 Å². The minimum atomic E-state index is -3.70. The van der Waals surface area contributed by atoms with Gasteiger partial charge in [0.1, 0.15) is 6.54 Å². The summed E-state index contributed by atoms with van der Waals surface area (Å²) in [6, 6.07) is 13.0. The Kier molecular flexibility index (Phi) is 8.18. The zero-order valence-electron chi connectivity index (χ0n) is 16.0. The minimum Gasteiger partial charge on any atom is -0.383 e. The van der Waals surface area contributed by atoms with Crippen LogP contribution < -0.4 is 14.9 Å². The van der Waals surface area contributed by atoms with Crippen molar-refractivity contribution in [3.63, 3.8) is 0 Å². The maximum absolute atomic E-state index is 12.6. The quantitative estimate of drug-likeness (QED) is 0.532. The first-order valence-electron chi connectivity index (χ1n) is 8.61. The number of ether oxygens (including phenoxy) is 1. The summed E-state index contributed by atoms with van der Waals surface area (Å²) in [6.07, 6.45) is 1.03. The average molecular weight is 484 g/mol. The van der Waals surface area contributed by atoms with E-state index in [-0.39, 0.29) is 17.2 Å². The van der Waals surface area contributed by atoms with E-state index in [4.69, 9.17) is 4.74 Å². The van der Waals surface area contributed by atoms with Gasteiger partial charge in [-0.15, -0.1) is 0 Å². The molecule has 0 radical (unpaired) electrons. The number of sulfonamides is 1. The van der Waals surface area contributed by atoms with Crippen LogP contribution in [0.3, 0.4) is 0 Å². The molecule has 2 aromatic rings. The van der Waals surface area contributed by atoms with Crippen LogP contribution in [0.5, 0.6) is 0 Å². The molecular formula is C19H22BrN3O5S. The Morgan fingerprint density at radius 3 is 2.38 bits per heavy atom. The summed E-state index contributed by atoms with van der Waals surface area (Å²) in [4.78, 5) is 24.9. The number of hydrogen-bond donors (Lipinski definition) is 2. The number of methoxy groups -OCH3 is 1. The van der Waals surface area contributed by atoms with Crippen LogP contribution in [0.25, 0.3) is 0 Å². The number of carbonyl (C=O) groups is 2. The highest BCUT2D eigenvalue weighted by molar-refractivity contribution is 9.10. The number of anilines is 2. The van der Waals surface area contributed by atoms with Gasteiger partial charge in [-0.05, 0) is 36.4 Å². The molecule has 0 aliphatic rings. The number of benzene rings is 2. The molecule has 0 aliphatic carbocycles. The molecular weight excluding hydrogens is 462 g/mol. The molecule has 0 spiro atoms. The van der Waals surface area contributed by atoms with Crippen LogP contribution in [0, 0.1) is 0 Å². The Hall–Kier alpha value is -2.43. The highest BCUT2D eigenvalue weighted by Crippen LogP contribution is 2.21. The maximum Gasteiger partial charge on any atom is 0.253 e. The predicted octanol–water partition coefficient (Wildman–Crippen LogP) is 2.23. The SMILES string of the molecule is COCCNC(=O)c1ccccc1NC(=O)CN(c1ccc(Br)cc1)S(C)(=O)=O. The van der Waals surface area contributed by atoms with E-state index >= 15 is 0 Å². The van der Waals surface area contributed by atoms with Crippen molar-refractivity contribution in [3.8, 4) is 0 Å². The fraction of sp³-hybridized carbons (Fsp3) is 0.263. The van der Waals surface area contributed by atoms with Gasteiger partial charge in [0.2, 0.25) is 15.9 Å². The van der Waals surface area contributed by atoms with Gasteiger partial charge < -0.3 is 15.4 Å². The standard InChI is InChI=1S/C19H22BrN3O5S/c1-28-12-11-21-19(25)16-5-3-4-6-17(16)22-18(24)13-23(29(2,26)27)15-9-7-14(20)8-10-15/h3-10H,11-13H2,1-2H3,(H,21,25)(H,22,24). The largest absolute Gasteiger partial charge is 0.383 e. The molecule has 0 bridgehead atoms. The van der Waals surface area contributed by atoms with Crippen molar-refractivity contribution in [2.45, 2.75) is 0 Å². The summed E-state index contributed by atoms with van der Waals surface area (Å²) < 4.78 is 31.0. The van der Waals surface area contributed by atoms with Gasteiger partial charge in [-0.3, -0.25) is 13.9 Å². The molecule has 0 aromatic heterocycles. The monoisotopic (exact) mass is 483 g/mol. The van der Waals surface area contributed by atoms with Crippen LogP contribution in [0.15, 0.2) is 53.0 Å². The summed E-state index contributed by atoms with van der Waals surface area (Å²) in [5.74, 6) is -0.943. The van der Waals surface area contributed by atoms with E-state index in [2.05, 4.69) is 26.6 Å².